The van der Waals surface area contributed by atoms with Crippen LogP contribution < -0.4 is 27.4 Å². The van der Waals surface area contributed by atoms with Crippen LogP contribution in [0.5, 0.6) is 0 Å². The summed E-state index contributed by atoms with van der Waals surface area (Å²) >= 11 is 1.44. The third kappa shape index (κ3) is 11.1. The highest BCUT2D eigenvalue weighted by atomic mass is 32.2. The Kier molecular flexibility index (Phi) is 13.9. The van der Waals surface area contributed by atoms with Gasteiger partial charge in [-0.2, -0.15) is 11.8 Å². The monoisotopic (exact) mass is 515 g/mol. The van der Waals surface area contributed by atoms with E-state index in [9.17, 15) is 29.4 Å². The predicted octanol–water partition coefficient (Wildman–Crippen LogP) is -1.92. The van der Waals surface area contributed by atoms with Crippen molar-refractivity contribution in [2.45, 2.75) is 69.3 Å². The molecule has 1 heterocycles. The molecule has 0 radical (unpaired) electrons. The number of aliphatic hydroxyl groups is 1. The van der Waals surface area contributed by atoms with Gasteiger partial charge in [-0.3, -0.25) is 14.4 Å². The first-order chi connectivity index (χ1) is 16.6. The van der Waals surface area contributed by atoms with Crippen LogP contribution in [-0.4, -0.2) is 92.7 Å². The second kappa shape index (κ2) is 16.1. The third-order valence-electron chi connectivity index (χ3n) is 5.21. The van der Waals surface area contributed by atoms with Crippen LogP contribution in [0.2, 0.25) is 0 Å². The van der Waals surface area contributed by atoms with Gasteiger partial charge in [0.2, 0.25) is 17.7 Å². The van der Waals surface area contributed by atoms with Gasteiger partial charge in [-0.15, -0.1) is 0 Å². The molecule has 1 rings (SSSR count). The van der Waals surface area contributed by atoms with E-state index in [1.54, 1.807) is 0 Å². The maximum Gasteiger partial charge on any atom is 0.326 e. The predicted molar refractivity (Wildman–Crippen MR) is 131 cm³/mol. The van der Waals surface area contributed by atoms with Gasteiger partial charge in [-0.05, 0) is 44.7 Å². The van der Waals surface area contributed by atoms with Crippen LogP contribution in [-0.2, 0) is 25.6 Å². The zero-order valence-electron chi connectivity index (χ0n) is 20.0. The lowest BCUT2D eigenvalue weighted by molar-refractivity contribution is -0.142. The molecular weight excluding hydrogens is 478 g/mol. The number of rotatable bonds is 17. The van der Waals surface area contributed by atoms with Crippen LogP contribution in [0.25, 0.3) is 0 Å². The van der Waals surface area contributed by atoms with Gasteiger partial charge >= 0.3 is 5.97 Å². The summed E-state index contributed by atoms with van der Waals surface area (Å²) in [5, 5.41) is 27.0. The van der Waals surface area contributed by atoms with Crippen molar-refractivity contribution < 1.29 is 29.4 Å². The number of H-pyrrole nitrogens is 1. The second-order valence-corrected chi connectivity index (χ2v) is 9.13. The van der Waals surface area contributed by atoms with Crippen LogP contribution in [0.1, 0.15) is 38.3 Å². The summed E-state index contributed by atoms with van der Waals surface area (Å²) in [6, 6.07) is -4.58. The number of amides is 3. The molecule has 198 valence electrons. The first-order valence-corrected chi connectivity index (χ1v) is 12.7. The van der Waals surface area contributed by atoms with Gasteiger partial charge in [0, 0.05) is 18.3 Å². The van der Waals surface area contributed by atoms with Crippen molar-refractivity contribution in [1.29, 1.82) is 0 Å². The Labute approximate surface area is 208 Å². The molecule has 0 aliphatic rings. The highest BCUT2D eigenvalue weighted by Crippen LogP contribution is 2.06. The van der Waals surface area contributed by atoms with E-state index in [4.69, 9.17) is 11.5 Å². The van der Waals surface area contributed by atoms with Crippen molar-refractivity contribution in [2.75, 3.05) is 18.6 Å². The van der Waals surface area contributed by atoms with Crippen molar-refractivity contribution in [3.05, 3.63) is 18.2 Å². The number of aromatic amines is 1. The van der Waals surface area contributed by atoms with Crippen molar-refractivity contribution in [2.24, 2.45) is 11.5 Å². The molecule has 13 nitrogen and oxygen atoms in total. The molecule has 5 unspecified atom stereocenters. The fourth-order valence-electron chi connectivity index (χ4n) is 3.16. The number of aromatic nitrogens is 2. The van der Waals surface area contributed by atoms with Crippen molar-refractivity contribution >= 4 is 35.5 Å². The Morgan fingerprint density at radius 3 is 2.31 bits per heavy atom. The van der Waals surface area contributed by atoms with E-state index in [1.165, 1.54) is 31.2 Å². The minimum Gasteiger partial charge on any atom is -0.480 e. The van der Waals surface area contributed by atoms with E-state index in [-0.39, 0.29) is 12.8 Å². The molecule has 10 N–H and O–H groups in total. The SMILES string of the molecule is CSCCC(NC(=O)C(NC(=O)C(N)CCCCN)C(C)O)C(=O)NC(Cc1cnc[nH]1)C(=O)O. The second-order valence-electron chi connectivity index (χ2n) is 8.14. The summed E-state index contributed by atoms with van der Waals surface area (Å²) in [5.74, 6) is -2.86. The molecule has 1 aromatic heterocycles. The molecular formula is C21H37N7O6S. The van der Waals surface area contributed by atoms with E-state index in [0.717, 1.165) is 0 Å². The van der Waals surface area contributed by atoms with Gasteiger partial charge in [0.15, 0.2) is 0 Å². The summed E-state index contributed by atoms with van der Waals surface area (Å²) in [5.41, 5.74) is 11.8. The largest absolute Gasteiger partial charge is 0.480 e. The number of thioether (sulfide) groups is 1. The molecule has 0 saturated heterocycles. The Morgan fingerprint density at radius 2 is 1.77 bits per heavy atom. The Balaban J connectivity index is 2.87. The molecule has 0 fully saturated rings. The van der Waals surface area contributed by atoms with Gasteiger partial charge in [0.05, 0.1) is 18.5 Å². The van der Waals surface area contributed by atoms with Crippen LogP contribution in [0.15, 0.2) is 12.5 Å². The maximum atomic E-state index is 12.9. The minimum atomic E-state index is -1.35. The van der Waals surface area contributed by atoms with Crippen molar-refractivity contribution in [1.82, 2.24) is 25.9 Å². The Hall–Kier alpha value is -2.68. The van der Waals surface area contributed by atoms with Crippen molar-refractivity contribution in [3.63, 3.8) is 0 Å². The molecule has 0 saturated carbocycles. The highest BCUT2D eigenvalue weighted by Gasteiger charge is 2.32. The lowest BCUT2D eigenvalue weighted by Crippen LogP contribution is -2.60. The summed E-state index contributed by atoms with van der Waals surface area (Å²) in [6.45, 7) is 1.80. The maximum absolute atomic E-state index is 12.9. The number of unbranched alkanes of at least 4 members (excludes halogenated alkanes) is 1. The number of nitrogens with two attached hydrogens (primary N) is 2. The van der Waals surface area contributed by atoms with Crippen LogP contribution in [0.3, 0.4) is 0 Å². The molecule has 0 aromatic carbocycles. The van der Waals surface area contributed by atoms with Gasteiger partial charge in [0.1, 0.15) is 18.1 Å². The van der Waals surface area contributed by atoms with Gasteiger partial charge in [-0.25, -0.2) is 9.78 Å². The summed E-state index contributed by atoms with van der Waals surface area (Å²) in [6.07, 6.45) is 5.27. The quantitative estimate of drug-likeness (QED) is 0.107. The first-order valence-electron chi connectivity index (χ1n) is 11.3. The summed E-state index contributed by atoms with van der Waals surface area (Å²) < 4.78 is 0. The fourth-order valence-corrected chi connectivity index (χ4v) is 3.63. The number of carboxylic acid groups (broad SMARTS) is 1. The summed E-state index contributed by atoms with van der Waals surface area (Å²) in [7, 11) is 0. The van der Waals surface area contributed by atoms with E-state index < -0.39 is 54.0 Å². The fraction of sp³-hybridized carbons (Fsp3) is 0.667. The molecule has 5 atom stereocenters. The molecule has 3 amide bonds. The summed E-state index contributed by atoms with van der Waals surface area (Å²) in [4.78, 5) is 56.5. The van der Waals surface area contributed by atoms with E-state index in [1.807, 2.05) is 6.26 Å². The molecule has 0 aliphatic carbocycles. The lowest BCUT2D eigenvalue weighted by atomic mass is 10.1. The average Bonchev–Trinajstić information content (AvgIpc) is 3.32. The number of carbonyl (C=O) groups is 4. The number of imidazole rings is 1. The Morgan fingerprint density at radius 1 is 1.09 bits per heavy atom. The van der Waals surface area contributed by atoms with Crippen LogP contribution >= 0.6 is 11.8 Å². The first kappa shape index (κ1) is 30.4. The molecule has 14 heteroatoms. The smallest absolute Gasteiger partial charge is 0.326 e. The molecule has 35 heavy (non-hydrogen) atoms. The number of nitrogens with zero attached hydrogens (tertiary/aromatic N) is 1. The average molecular weight is 516 g/mol. The third-order valence-corrected chi connectivity index (χ3v) is 5.85. The zero-order valence-corrected chi connectivity index (χ0v) is 20.8. The number of hydrogen-bond acceptors (Lipinski definition) is 9. The number of hydrogen-bond donors (Lipinski definition) is 8. The van der Waals surface area contributed by atoms with Crippen LogP contribution in [0, 0.1) is 0 Å². The number of carboxylic acids is 1. The highest BCUT2D eigenvalue weighted by molar-refractivity contribution is 7.98. The van der Waals surface area contributed by atoms with Gasteiger partial charge in [-0.1, -0.05) is 6.42 Å². The molecule has 0 spiro atoms. The number of nitrogens with one attached hydrogen (secondary N) is 4. The molecule has 0 aliphatic heterocycles. The van der Waals surface area contributed by atoms with Gasteiger partial charge in [0.25, 0.3) is 0 Å². The van der Waals surface area contributed by atoms with Crippen LogP contribution in [0.4, 0.5) is 0 Å². The number of aliphatic carboxylic acids is 1. The zero-order chi connectivity index (χ0) is 26.4. The van der Waals surface area contributed by atoms with Gasteiger partial charge < -0.3 is 42.6 Å². The topological polar surface area (TPSA) is 226 Å². The van der Waals surface area contributed by atoms with Crippen molar-refractivity contribution in [3.8, 4) is 0 Å². The van der Waals surface area contributed by atoms with E-state index >= 15 is 0 Å². The van der Waals surface area contributed by atoms with E-state index in [0.29, 0.717) is 37.3 Å². The normalized spacial score (nSPS) is 15.3. The number of aliphatic hydroxyl groups excluding tert-OH is 1. The van der Waals surface area contributed by atoms with E-state index in [2.05, 4.69) is 25.9 Å². The molecule has 1 aromatic rings. The lowest BCUT2D eigenvalue weighted by Gasteiger charge is -2.26. The number of carbonyl (C=O) groups excluding carboxylic acids is 3. The minimum absolute atomic E-state index is 0.0291. The molecule has 0 bridgehead atoms. The Bertz CT molecular complexity index is 808. The standard InChI is InChI=1S/C21H37N7O6S/c1-12(29)17(28-18(30)14(23)5-3-4-7-22)20(32)26-15(6-8-35-2)19(31)27-16(21(33)34)9-13-10-24-11-25-13/h10-12,14-17,29H,3-9,22-23H2,1-2H3,(H,24,25)(H,26,32)(H,27,31)(H,28,30)(H,33,34).